The van der Waals surface area contributed by atoms with Gasteiger partial charge in [0.25, 0.3) is 0 Å². The van der Waals surface area contributed by atoms with Gasteiger partial charge in [0, 0.05) is 32.3 Å². The van der Waals surface area contributed by atoms with Crippen LogP contribution in [-0.4, -0.2) is 16.4 Å². The maximum atomic E-state index is 9.54. The van der Waals surface area contributed by atoms with Crippen LogP contribution in [0.3, 0.4) is 0 Å². The van der Waals surface area contributed by atoms with Gasteiger partial charge < -0.3 is 17.8 Å². The fraction of sp³-hybridized carbons (Fsp3) is 0.118. The summed E-state index contributed by atoms with van der Waals surface area (Å²) in [5, 5.41) is 16.9. The average molecular weight is 500 g/mol. The van der Waals surface area contributed by atoms with Crippen LogP contribution in [-0.2, 0) is 21.1 Å². The van der Waals surface area contributed by atoms with E-state index in [1.807, 2.05) is 50.2 Å². The van der Waals surface area contributed by atoms with E-state index in [1.54, 1.807) is 18.2 Å². The number of phenols is 1. The summed E-state index contributed by atoms with van der Waals surface area (Å²) in [6.07, 6.45) is 1.51. The zero-order valence-electron chi connectivity index (χ0n) is 13.5. The van der Waals surface area contributed by atoms with Gasteiger partial charge in [-0.25, -0.2) is 0 Å². The molecule has 2 aromatic rings. The van der Waals surface area contributed by atoms with Crippen molar-refractivity contribution in [2.45, 2.75) is 13.8 Å². The quantitative estimate of drug-likeness (QED) is 0.256. The molecule has 0 saturated carbocycles. The Morgan fingerprint density at radius 3 is 2.22 bits per heavy atom. The number of rotatable bonds is 3. The van der Waals surface area contributed by atoms with Crippen molar-refractivity contribution >= 4 is 29.2 Å². The second-order valence-corrected chi connectivity index (χ2v) is 4.16. The van der Waals surface area contributed by atoms with Gasteiger partial charge in [-0.15, -0.1) is 0 Å². The predicted octanol–water partition coefficient (Wildman–Crippen LogP) is 4.19. The third kappa shape index (κ3) is 9.11. The van der Waals surface area contributed by atoms with Crippen molar-refractivity contribution in [2.24, 2.45) is 5.10 Å². The first-order valence-electron chi connectivity index (χ1n) is 6.69. The molecule has 6 heteroatoms. The van der Waals surface area contributed by atoms with E-state index in [9.17, 15) is 5.11 Å². The number of phenolic OH excluding ortho intramolecular Hbond substituents is 1. The Hall–Kier alpha value is -1.71. The van der Waals surface area contributed by atoms with E-state index in [4.69, 9.17) is 12.2 Å². The van der Waals surface area contributed by atoms with Crippen molar-refractivity contribution in [2.75, 3.05) is 5.32 Å². The summed E-state index contributed by atoms with van der Waals surface area (Å²) < 4.78 is 0. The minimum atomic E-state index is 0. The van der Waals surface area contributed by atoms with E-state index in [0.29, 0.717) is 10.7 Å². The molecule has 0 aliphatic carbocycles. The van der Waals surface area contributed by atoms with Crippen LogP contribution in [0.15, 0.2) is 59.7 Å². The molecule has 4 nitrogen and oxygen atoms in total. The number of anilines is 1. The third-order valence-electron chi connectivity index (χ3n) is 2.34. The van der Waals surface area contributed by atoms with Gasteiger partial charge in [0.1, 0.15) is 5.75 Å². The van der Waals surface area contributed by atoms with Gasteiger partial charge in [-0.05, 0) is 36.5 Å². The van der Waals surface area contributed by atoms with E-state index < -0.39 is 0 Å². The molecule has 0 fully saturated rings. The molecule has 0 aliphatic rings. The zero-order valence-corrected chi connectivity index (χ0v) is 17.2. The normalized spacial score (nSPS) is 8.78. The Balaban J connectivity index is 0. The van der Waals surface area contributed by atoms with E-state index in [0.717, 1.165) is 5.69 Å². The van der Waals surface area contributed by atoms with Crippen LogP contribution in [0.5, 0.6) is 5.75 Å². The molecule has 2 aromatic carbocycles. The summed E-state index contributed by atoms with van der Waals surface area (Å²) in [4.78, 5) is 0. The summed E-state index contributed by atoms with van der Waals surface area (Å²) in [6, 6.07) is 16.5. The van der Waals surface area contributed by atoms with Crippen LogP contribution in [0.4, 0.5) is 5.69 Å². The minimum absolute atomic E-state index is 0. The number of thiocarbonyl (C=S) groups is 1. The van der Waals surface area contributed by atoms with E-state index >= 15 is 0 Å². The van der Waals surface area contributed by atoms with E-state index in [-0.39, 0.29) is 34.2 Å². The molecule has 0 aliphatic heterocycles. The second-order valence-electron chi connectivity index (χ2n) is 3.75. The summed E-state index contributed by atoms with van der Waals surface area (Å²) >= 11 is 5.09. The summed E-state index contributed by atoms with van der Waals surface area (Å²) in [5.41, 5.74) is 4.20. The van der Waals surface area contributed by atoms with Crippen LogP contribution < -0.4 is 10.7 Å². The molecule has 0 radical (unpaired) electrons. The van der Waals surface area contributed by atoms with Crippen molar-refractivity contribution in [1.29, 1.82) is 0 Å². The van der Waals surface area contributed by atoms with Crippen LogP contribution >= 0.6 is 12.2 Å². The monoisotopic (exact) mass is 500 g/mol. The van der Waals surface area contributed by atoms with Crippen LogP contribution in [0.25, 0.3) is 0 Å². The van der Waals surface area contributed by atoms with Gasteiger partial charge in [0.05, 0.1) is 6.21 Å². The van der Waals surface area contributed by atoms with Crippen LogP contribution in [0.1, 0.15) is 19.4 Å². The number of aromatic hydroxyl groups is 1. The molecule has 0 bridgehead atoms. The topological polar surface area (TPSA) is 56.7 Å². The predicted molar refractivity (Wildman–Crippen MR) is 99.3 cm³/mol. The van der Waals surface area contributed by atoms with Crippen molar-refractivity contribution in [3.8, 4) is 5.75 Å². The van der Waals surface area contributed by atoms with Gasteiger partial charge >= 0.3 is 0 Å². The Bertz CT molecular complexity index is 591. The first-order valence-corrected chi connectivity index (χ1v) is 7.09. The Kier molecular flexibility index (Phi) is 14.3. The Morgan fingerprint density at radius 2 is 1.61 bits per heavy atom. The molecule has 2 rings (SSSR count). The average Bonchev–Trinajstić information content (AvgIpc) is 2.52. The molecular weight excluding hydrogens is 478 g/mol. The van der Waals surface area contributed by atoms with Crippen molar-refractivity contribution in [3.63, 3.8) is 0 Å². The number of nitrogens with one attached hydrogen (secondary N) is 2. The van der Waals surface area contributed by atoms with Crippen LogP contribution in [0, 0.1) is 7.43 Å². The summed E-state index contributed by atoms with van der Waals surface area (Å²) in [5.74, 6) is 0.176. The third-order valence-corrected chi connectivity index (χ3v) is 2.53. The van der Waals surface area contributed by atoms with E-state index in [2.05, 4.69) is 15.8 Å². The molecule has 0 atom stereocenters. The van der Waals surface area contributed by atoms with E-state index in [1.165, 1.54) is 6.21 Å². The van der Waals surface area contributed by atoms with Crippen molar-refractivity contribution < 1.29 is 26.2 Å². The molecular formula is C17H22N3OSW-. The molecule has 3 N–H and O–H groups in total. The number of nitrogens with zero attached hydrogens (tertiary/aromatic N) is 1. The fourth-order valence-corrected chi connectivity index (χ4v) is 1.61. The Labute approximate surface area is 158 Å². The molecule has 0 amide bonds. The first-order chi connectivity index (χ1) is 10.3. The number of hydrazone groups is 1. The number of para-hydroxylation sites is 2. The minimum Gasteiger partial charge on any atom is -0.507 e. The number of hydrogen-bond donors (Lipinski definition) is 3. The van der Waals surface area contributed by atoms with Crippen molar-refractivity contribution in [1.82, 2.24) is 5.43 Å². The largest absolute Gasteiger partial charge is 0.507 e. The maximum absolute atomic E-state index is 9.54. The second kappa shape index (κ2) is 13.9. The molecule has 0 heterocycles. The molecule has 0 saturated heterocycles. The molecule has 0 spiro atoms. The van der Waals surface area contributed by atoms with Gasteiger partial charge in [-0.1, -0.05) is 44.2 Å². The summed E-state index contributed by atoms with van der Waals surface area (Å²) in [7, 11) is 0. The standard InChI is InChI=1S/C14H13N3OS.C2H6.CH3.W/c18-13-9-5-4-6-11(13)10-15-17-14(19)16-12-7-2-1-3-8-12;1-2;;/h1-10,18H,(H2,16,17,19);1-2H3;1H3;/q;;-1;/b15-10+;;;. The molecule has 124 valence electrons. The SMILES string of the molecule is CC.Oc1ccccc1/C=N/NC(=S)Nc1ccccc1.[CH3-].[W]. The fourth-order valence-electron chi connectivity index (χ4n) is 1.44. The number of benzene rings is 2. The zero-order chi connectivity index (χ0) is 15.5. The van der Waals surface area contributed by atoms with Gasteiger partial charge in [-0.2, -0.15) is 5.10 Å². The van der Waals surface area contributed by atoms with Gasteiger partial charge in [0.2, 0.25) is 0 Å². The van der Waals surface area contributed by atoms with Gasteiger partial charge in [-0.3, -0.25) is 5.43 Å². The molecule has 0 unspecified atom stereocenters. The smallest absolute Gasteiger partial charge is 0.191 e. The van der Waals surface area contributed by atoms with Gasteiger partial charge in [0.15, 0.2) is 5.11 Å². The first kappa shape index (κ1) is 23.6. The summed E-state index contributed by atoms with van der Waals surface area (Å²) in [6.45, 7) is 4.00. The maximum Gasteiger partial charge on any atom is 0.191 e. The molecule has 0 aromatic heterocycles. The Morgan fingerprint density at radius 1 is 1.04 bits per heavy atom. The molecule has 23 heavy (non-hydrogen) atoms. The number of hydrogen-bond acceptors (Lipinski definition) is 3. The van der Waals surface area contributed by atoms with Crippen molar-refractivity contribution in [3.05, 3.63) is 67.6 Å². The van der Waals surface area contributed by atoms with Crippen LogP contribution in [0.2, 0.25) is 0 Å².